The minimum absolute atomic E-state index is 0.542. The fourth-order valence-corrected chi connectivity index (χ4v) is 4.26. The average molecular weight is 381 g/mol. The number of hydrogen-bond acceptors (Lipinski definition) is 2. The molecule has 0 radical (unpaired) electrons. The standard InChI is InChI=1S/C23H41O2P/c1-4-7-9-10-11-12-13-15-22-16-18-23(19-17-22)26(24)25-20-21(6-3)14-8-5-2/h16-19,21,26H,4-15,20H2,1-3H3. The fraction of sp³-hybridized carbons (Fsp3) is 0.739. The van der Waals surface area contributed by atoms with Gasteiger partial charge in [-0.2, -0.15) is 0 Å². The van der Waals surface area contributed by atoms with Gasteiger partial charge in [-0.25, -0.2) is 0 Å². The first-order valence-electron chi connectivity index (χ1n) is 11.0. The molecule has 0 saturated carbocycles. The van der Waals surface area contributed by atoms with Gasteiger partial charge in [-0.05, 0) is 42.9 Å². The van der Waals surface area contributed by atoms with Crippen LogP contribution >= 0.6 is 8.03 Å². The average Bonchev–Trinajstić information content (AvgIpc) is 2.67. The van der Waals surface area contributed by atoms with Gasteiger partial charge in [-0.3, -0.25) is 4.57 Å². The first-order chi connectivity index (χ1) is 12.7. The second-order valence-corrected chi connectivity index (χ2v) is 9.02. The van der Waals surface area contributed by atoms with Gasteiger partial charge in [0.1, 0.15) is 0 Å². The molecule has 1 aromatic rings. The Morgan fingerprint density at radius 1 is 0.846 bits per heavy atom. The highest BCUT2D eigenvalue weighted by Gasteiger charge is 2.10. The van der Waals surface area contributed by atoms with Crippen molar-refractivity contribution in [3.63, 3.8) is 0 Å². The summed E-state index contributed by atoms with van der Waals surface area (Å²) < 4.78 is 18.1. The third-order valence-corrected chi connectivity index (χ3v) is 6.49. The number of benzene rings is 1. The number of hydrogen-bond donors (Lipinski definition) is 0. The Morgan fingerprint density at radius 3 is 2.08 bits per heavy atom. The zero-order chi connectivity index (χ0) is 19.0. The van der Waals surface area contributed by atoms with Crippen LogP contribution in [0.3, 0.4) is 0 Å². The van der Waals surface area contributed by atoms with Crippen molar-refractivity contribution in [3.8, 4) is 0 Å². The van der Waals surface area contributed by atoms with E-state index in [2.05, 4.69) is 32.9 Å². The quantitative estimate of drug-likeness (QED) is 0.222. The molecule has 0 aliphatic heterocycles. The van der Waals surface area contributed by atoms with Crippen molar-refractivity contribution in [1.29, 1.82) is 0 Å². The third kappa shape index (κ3) is 10.5. The molecule has 150 valence electrons. The highest BCUT2D eigenvalue weighted by molar-refractivity contribution is 7.48. The summed E-state index contributed by atoms with van der Waals surface area (Å²) in [6, 6.07) is 8.27. The van der Waals surface area contributed by atoms with Crippen LogP contribution < -0.4 is 5.30 Å². The summed E-state index contributed by atoms with van der Waals surface area (Å²) >= 11 is 0. The van der Waals surface area contributed by atoms with Gasteiger partial charge in [0, 0.05) is 5.30 Å². The second kappa shape index (κ2) is 15.5. The van der Waals surface area contributed by atoms with E-state index in [1.54, 1.807) is 0 Å². The van der Waals surface area contributed by atoms with Crippen molar-refractivity contribution in [1.82, 2.24) is 0 Å². The Kier molecular flexibility index (Phi) is 13.9. The van der Waals surface area contributed by atoms with Gasteiger partial charge in [-0.15, -0.1) is 0 Å². The third-order valence-electron chi connectivity index (χ3n) is 5.25. The van der Waals surface area contributed by atoms with E-state index in [0.29, 0.717) is 12.5 Å². The van der Waals surface area contributed by atoms with Gasteiger partial charge >= 0.3 is 0 Å². The Labute approximate surface area is 163 Å². The number of unbranched alkanes of at least 4 members (excludes halogenated alkanes) is 7. The predicted octanol–water partition coefficient (Wildman–Crippen LogP) is 7.31. The summed E-state index contributed by atoms with van der Waals surface area (Å²) in [7, 11) is -2.10. The number of rotatable bonds is 16. The molecule has 2 atom stereocenters. The Bertz CT molecular complexity index is 470. The lowest BCUT2D eigenvalue weighted by molar-refractivity contribution is 0.247. The van der Waals surface area contributed by atoms with E-state index in [9.17, 15) is 4.57 Å². The molecule has 0 heterocycles. The maximum absolute atomic E-state index is 12.4. The van der Waals surface area contributed by atoms with Gasteiger partial charge in [0.25, 0.3) is 0 Å². The molecule has 0 saturated heterocycles. The van der Waals surface area contributed by atoms with Crippen molar-refractivity contribution in [2.24, 2.45) is 5.92 Å². The molecule has 1 aromatic carbocycles. The molecular formula is C23H41O2P. The van der Waals surface area contributed by atoms with Crippen LogP contribution in [0.5, 0.6) is 0 Å². The van der Waals surface area contributed by atoms with E-state index >= 15 is 0 Å². The molecule has 0 aromatic heterocycles. The van der Waals surface area contributed by atoms with Crippen LogP contribution in [0.15, 0.2) is 24.3 Å². The van der Waals surface area contributed by atoms with E-state index in [-0.39, 0.29) is 0 Å². The Hall–Kier alpha value is -0.590. The molecule has 0 N–H and O–H groups in total. The lowest BCUT2D eigenvalue weighted by Crippen LogP contribution is -2.08. The summed E-state index contributed by atoms with van der Waals surface area (Å²) in [4.78, 5) is 0. The molecule has 0 bridgehead atoms. The van der Waals surface area contributed by atoms with Crippen LogP contribution in [-0.2, 0) is 15.5 Å². The maximum atomic E-state index is 12.4. The second-order valence-electron chi connectivity index (χ2n) is 7.58. The number of aryl methyl sites for hydroxylation is 1. The summed E-state index contributed by atoms with van der Waals surface area (Å²) in [5, 5.41) is 0.865. The van der Waals surface area contributed by atoms with Gasteiger partial charge in [0.15, 0.2) is 0 Å². The first kappa shape index (κ1) is 23.4. The fourth-order valence-electron chi connectivity index (χ4n) is 3.27. The molecule has 2 nitrogen and oxygen atoms in total. The molecule has 0 amide bonds. The lowest BCUT2D eigenvalue weighted by Gasteiger charge is -2.14. The topological polar surface area (TPSA) is 26.3 Å². The van der Waals surface area contributed by atoms with Crippen molar-refractivity contribution in [2.45, 2.75) is 97.8 Å². The zero-order valence-corrected chi connectivity index (χ0v) is 18.4. The maximum Gasteiger partial charge on any atom is 0.220 e. The van der Waals surface area contributed by atoms with Crippen molar-refractivity contribution >= 4 is 13.3 Å². The van der Waals surface area contributed by atoms with Crippen LogP contribution in [0.2, 0.25) is 0 Å². The highest BCUT2D eigenvalue weighted by Crippen LogP contribution is 2.25. The van der Waals surface area contributed by atoms with Crippen LogP contribution in [0.1, 0.15) is 97.0 Å². The van der Waals surface area contributed by atoms with Crippen LogP contribution in [0.25, 0.3) is 0 Å². The summed E-state index contributed by atoms with van der Waals surface area (Å²) in [6.45, 7) is 7.30. The van der Waals surface area contributed by atoms with Gasteiger partial charge < -0.3 is 4.52 Å². The predicted molar refractivity (Wildman–Crippen MR) is 116 cm³/mol. The van der Waals surface area contributed by atoms with E-state index < -0.39 is 8.03 Å². The summed E-state index contributed by atoms with van der Waals surface area (Å²) in [5.41, 5.74) is 1.35. The minimum atomic E-state index is -2.10. The van der Waals surface area contributed by atoms with Gasteiger partial charge in [0.2, 0.25) is 8.03 Å². The van der Waals surface area contributed by atoms with Crippen molar-refractivity contribution in [3.05, 3.63) is 29.8 Å². The van der Waals surface area contributed by atoms with Crippen LogP contribution in [0, 0.1) is 5.92 Å². The molecule has 2 unspecified atom stereocenters. The molecule has 0 spiro atoms. The van der Waals surface area contributed by atoms with Crippen molar-refractivity contribution in [2.75, 3.05) is 6.61 Å². The van der Waals surface area contributed by atoms with Crippen LogP contribution in [-0.4, -0.2) is 6.61 Å². The highest BCUT2D eigenvalue weighted by atomic mass is 31.1. The zero-order valence-electron chi connectivity index (χ0n) is 17.4. The summed E-state index contributed by atoms with van der Waals surface area (Å²) in [6.07, 6.45) is 15.3. The van der Waals surface area contributed by atoms with Gasteiger partial charge in [-0.1, -0.05) is 90.7 Å². The Balaban J connectivity index is 2.27. The SMILES string of the molecule is CCCCCCCCCc1ccc([PH](=O)OCC(CC)CCCC)cc1. The normalized spacial score (nSPS) is 13.7. The monoisotopic (exact) mass is 380 g/mol. The Morgan fingerprint density at radius 2 is 1.46 bits per heavy atom. The van der Waals surface area contributed by atoms with E-state index in [1.807, 2.05) is 12.1 Å². The molecule has 3 heteroatoms. The van der Waals surface area contributed by atoms with E-state index in [4.69, 9.17) is 4.52 Å². The minimum Gasteiger partial charge on any atom is -0.327 e. The lowest BCUT2D eigenvalue weighted by atomic mass is 10.0. The first-order valence-corrected chi connectivity index (χ1v) is 12.3. The molecular weight excluding hydrogens is 339 g/mol. The van der Waals surface area contributed by atoms with Crippen LogP contribution in [0.4, 0.5) is 0 Å². The molecule has 26 heavy (non-hydrogen) atoms. The molecule has 0 aliphatic rings. The van der Waals surface area contributed by atoms with E-state index in [1.165, 1.54) is 69.8 Å². The summed E-state index contributed by atoms with van der Waals surface area (Å²) in [5.74, 6) is 0.542. The molecule has 0 fully saturated rings. The molecule has 1 rings (SSSR count). The van der Waals surface area contributed by atoms with E-state index in [0.717, 1.165) is 18.1 Å². The largest absolute Gasteiger partial charge is 0.327 e. The van der Waals surface area contributed by atoms with Gasteiger partial charge in [0.05, 0.1) is 6.61 Å². The molecule has 0 aliphatic carbocycles. The van der Waals surface area contributed by atoms with Crippen molar-refractivity contribution < 1.29 is 9.09 Å². The smallest absolute Gasteiger partial charge is 0.220 e.